The molecule has 180 valence electrons. The molecule has 4 aromatic rings. The number of likely N-dealkylation sites (tertiary alicyclic amines) is 1. The minimum absolute atomic E-state index is 0.224. The summed E-state index contributed by atoms with van der Waals surface area (Å²) in [6.45, 7) is -0.635. The topological polar surface area (TPSA) is 109 Å². The first kappa shape index (κ1) is 23.0. The molecule has 1 atom stereocenters. The molecule has 3 aromatic heterocycles. The highest BCUT2D eigenvalue weighted by atomic mass is 32.1. The van der Waals surface area contributed by atoms with Gasteiger partial charge in [0.1, 0.15) is 10.7 Å². The summed E-state index contributed by atoms with van der Waals surface area (Å²) in [6.07, 6.45) is 3.08. The summed E-state index contributed by atoms with van der Waals surface area (Å²) in [5, 5.41) is 20.2. The number of thiazole rings is 1. The fourth-order valence-electron chi connectivity index (χ4n) is 3.94. The lowest BCUT2D eigenvalue weighted by Crippen LogP contribution is -2.36. The highest BCUT2D eigenvalue weighted by molar-refractivity contribution is 7.13. The van der Waals surface area contributed by atoms with Crippen LogP contribution < -0.4 is 5.32 Å². The molecule has 1 aliphatic heterocycles. The SMILES string of the molecule is Cc1nn(C(F)F)cc1Nc1nccc(-c2csc(-c3cccc(C4(O)CCN(C)C4=O)c3)n2)n1. The Hall–Kier alpha value is -3.77. The number of carbonyl (C=O) groups excluding carboxylic acids is 1. The highest BCUT2D eigenvalue weighted by Gasteiger charge is 2.45. The van der Waals surface area contributed by atoms with Crippen LogP contribution in [-0.2, 0) is 10.4 Å². The maximum Gasteiger partial charge on any atom is 0.333 e. The number of rotatable bonds is 6. The molecule has 4 heterocycles. The second-order valence-corrected chi connectivity index (χ2v) is 9.09. The molecular weight excluding hydrogens is 476 g/mol. The average molecular weight is 498 g/mol. The number of hydrogen-bond acceptors (Lipinski definition) is 8. The molecule has 5 rings (SSSR count). The highest BCUT2D eigenvalue weighted by Crippen LogP contribution is 2.36. The van der Waals surface area contributed by atoms with E-state index >= 15 is 0 Å². The van der Waals surface area contributed by atoms with E-state index in [0.29, 0.717) is 51.0 Å². The van der Waals surface area contributed by atoms with E-state index in [0.717, 1.165) is 5.56 Å². The monoisotopic (exact) mass is 497 g/mol. The molecule has 1 amide bonds. The first-order valence-electron chi connectivity index (χ1n) is 10.7. The van der Waals surface area contributed by atoms with Crippen molar-refractivity contribution in [3.8, 4) is 22.0 Å². The van der Waals surface area contributed by atoms with Crippen molar-refractivity contribution < 1.29 is 18.7 Å². The molecule has 0 radical (unpaired) electrons. The predicted octanol–water partition coefficient (Wildman–Crippen LogP) is 3.96. The Labute approximate surface area is 203 Å². The number of likely N-dealkylation sites (N-methyl/N-ethyl adjacent to an activating group) is 1. The van der Waals surface area contributed by atoms with Crippen molar-refractivity contribution in [1.29, 1.82) is 0 Å². The number of aryl methyl sites for hydroxylation is 1. The van der Waals surface area contributed by atoms with E-state index in [1.54, 1.807) is 44.4 Å². The number of benzene rings is 1. The van der Waals surface area contributed by atoms with Gasteiger partial charge in [-0.25, -0.2) is 19.6 Å². The second-order valence-electron chi connectivity index (χ2n) is 8.23. The molecule has 1 aromatic carbocycles. The van der Waals surface area contributed by atoms with Gasteiger partial charge in [0.05, 0.1) is 23.3 Å². The zero-order valence-corrected chi connectivity index (χ0v) is 19.6. The van der Waals surface area contributed by atoms with Crippen LogP contribution in [0.5, 0.6) is 0 Å². The first-order valence-corrected chi connectivity index (χ1v) is 11.6. The molecule has 1 aliphatic rings. The van der Waals surface area contributed by atoms with Crippen LogP contribution in [0.2, 0.25) is 0 Å². The van der Waals surface area contributed by atoms with Crippen molar-refractivity contribution in [2.75, 3.05) is 18.9 Å². The van der Waals surface area contributed by atoms with Gasteiger partial charge in [0.15, 0.2) is 5.60 Å². The van der Waals surface area contributed by atoms with Crippen LogP contribution in [0.3, 0.4) is 0 Å². The van der Waals surface area contributed by atoms with Gasteiger partial charge in [-0.05, 0) is 24.6 Å². The van der Waals surface area contributed by atoms with Gasteiger partial charge >= 0.3 is 6.55 Å². The van der Waals surface area contributed by atoms with E-state index < -0.39 is 12.2 Å². The van der Waals surface area contributed by atoms with Gasteiger partial charge < -0.3 is 15.3 Å². The Bertz CT molecular complexity index is 1410. The summed E-state index contributed by atoms with van der Waals surface area (Å²) in [4.78, 5) is 27.3. The molecule has 12 heteroatoms. The van der Waals surface area contributed by atoms with Crippen LogP contribution in [0.25, 0.3) is 22.0 Å². The van der Waals surface area contributed by atoms with Gasteiger partial charge in [-0.1, -0.05) is 18.2 Å². The van der Waals surface area contributed by atoms with Crippen molar-refractivity contribution in [3.05, 3.63) is 59.4 Å². The van der Waals surface area contributed by atoms with Gasteiger partial charge in [0.2, 0.25) is 5.95 Å². The number of aromatic nitrogens is 5. The van der Waals surface area contributed by atoms with Crippen molar-refractivity contribution in [2.24, 2.45) is 0 Å². The molecule has 0 saturated carbocycles. The first-order chi connectivity index (χ1) is 16.7. The van der Waals surface area contributed by atoms with Crippen LogP contribution in [0.1, 0.15) is 24.2 Å². The Kier molecular flexibility index (Phi) is 5.77. The second kappa shape index (κ2) is 8.78. The van der Waals surface area contributed by atoms with E-state index in [4.69, 9.17) is 0 Å². The standard InChI is InChI=1S/C23H21F2N7O2S/c1-13-17(11-32(30-13)21(24)25)29-22-26-8-6-16(28-22)18-12-35-19(27-18)14-4-3-5-15(10-14)23(34)7-9-31(2)20(23)33/h3-6,8,10-12,21,34H,7,9H2,1-2H3,(H,26,28,29). The van der Waals surface area contributed by atoms with E-state index in [1.807, 2.05) is 11.4 Å². The molecule has 2 N–H and O–H groups in total. The van der Waals surface area contributed by atoms with E-state index in [2.05, 4.69) is 25.4 Å². The van der Waals surface area contributed by atoms with E-state index in [-0.39, 0.29) is 11.9 Å². The third kappa shape index (κ3) is 4.26. The smallest absolute Gasteiger partial charge is 0.333 e. The zero-order chi connectivity index (χ0) is 24.7. The molecule has 0 aliphatic carbocycles. The predicted molar refractivity (Wildman–Crippen MR) is 126 cm³/mol. The van der Waals surface area contributed by atoms with Gasteiger partial charge in [-0.2, -0.15) is 13.9 Å². The molecular formula is C23H21F2N7O2S. The van der Waals surface area contributed by atoms with Gasteiger partial charge in [-0.3, -0.25) is 4.79 Å². The van der Waals surface area contributed by atoms with Crippen LogP contribution in [0, 0.1) is 6.92 Å². The molecule has 9 nitrogen and oxygen atoms in total. The molecule has 1 fully saturated rings. The van der Waals surface area contributed by atoms with E-state index in [9.17, 15) is 18.7 Å². The van der Waals surface area contributed by atoms with Crippen LogP contribution >= 0.6 is 11.3 Å². The number of aliphatic hydroxyl groups is 1. The average Bonchev–Trinajstić information content (AvgIpc) is 3.55. The minimum Gasteiger partial charge on any atom is -0.375 e. The number of hydrogen-bond donors (Lipinski definition) is 2. The molecule has 0 spiro atoms. The number of anilines is 2. The largest absolute Gasteiger partial charge is 0.375 e. The summed E-state index contributed by atoms with van der Waals surface area (Å²) in [5.41, 5.74) is 1.70. The summed E-state index contributed by atoms with van der Waals surface area (Å²) < 4.78 is 26.4. The quantitative estimate of drug-likeness (QED) is 0.415. The molecule has 1 unspecified atom stereocenters. The van der Waals surface area contributed by atoms with Crippen LogP contribution in [0.4, 0.5) is 20.4 Å². The van der Waals surface area contributed by atoms with Crippen molar-refractivity contribution in [3.63, 3.8) is 0 Å². The lowest BCUT2D eigenvalue weighted by Gasteiger charge is -2.21. The Morgan fingerprint density at radius 2 is 2.06 bits per heavy atom. The van der Waals surface area contributed by atoms with Crippen molar-refractivity contribution in [1.82, 2.24) is 29.6 Å². The lowest BCUT2D eigenvalue weighted by molar-refractivity contribution is -0.143. The van der Waals surface area contributed by atoms with Gasteiger partial charge in [0.25, 0.3) is 5.91 Å². The zero-order valence-electron chi connectivity index (χ0n) is 18.8. The Balaban J connectivity index is 1.39. The molecule has 0 bridgehead atoms. The fraction of sp³-hybridized carbons (Fsp3) is 0.261. The summed E-state index contributed by atoms with van der Waals surface area (Å²) >= 11 is 1.40. The molecule has 1 saturated heterocycles. The number of alkyl halides is 2. The number of amides is 1. The minimum atomic E-state index is -2.74. The normalized spacial score (nSPS) is 18.0. The maximum absolute atomic E-state index is 12.9. The van der Waals surface area contributed by atoms with Crippen LogP contribution in [-0.4, -0.2) is 54.2 Å². The van der Waals surface area contributed by atoms with Crippen LogP contribution in [0.15, 0.2) is 48.1 Å². The number of halogens is 2. The van der Waals surface area contributed by atoms with E-state index in [1.165, 1.54) is 22.4 Å². The number of carbonyl (C=O) groups is 1. The van der Waals surface area contributed by atoms with Gasteiger partial charge in [-0.15, -0.1) is 11.3 Å². The summed E-state index contributed by atoms with van der Waals surface area (Å²) in [7, 11) is 1.67. The van der Waals surface area contributed by atoms with Gasteiger partial charge in [0, 0.05) is 37.2 Å². The third-order valence-electron chi connectivity index (χ3n) is 5.88. The lowest BCUT2D eigenvalue weighted by atomic mass is 9.91. The van der Waals surface area contributed by atoms with Crippen molar-refractivity contribution >= 4 is 28.9 Å². The number of nitrogens with one attached hydrogen (secondary N) is 1. The van der Waals surface area contributed by atoms with Crippen molar-refractivity contribution in [2.45, 2.75) is 25.5 Å². The number of nitrogens with zero attached hydrogens (tertiary/aromatic N) is 6. The Morgan fingerprint density at radius 3 is 2.77 bits per heavy atom. The Morgan fingerprint density at radius 1 is 1.23 bits per heavy atom. The maximum atomic E-state index is 12.9. The summed E-state index contributed by atoms with van der Waals surface area (Å²) in [5.74, 6) is -0.0909. The fourth-order valence-corrected chi connectivity index (χ4v) is 4.75. The molecule has 35 heavy (non-hydrogen) atoms. The third-order valence-corrected chi connectivity index (χ3v) is 6.77. The summed E-state index contributed by atoms with van der Waals surface area (Å²) in [6, 6.07) is 8.90.